The Morgan fingerprint density at radius 1 is 1.29 bits per heavy atom. The van der Waals surface area contributed by atoms with E-state index in [2.05, 4.69) is 39.5 Å². The van der Waals surface area contributed by atoms with Crippen molar-refractivity contribution in [3.8, 4) is 0 Å². The van der Waals surface area contributed by atoms with Gasteiger partial charge in [-0.2, -0.15) is 11.8 Å². The van der Waals surface area contributed by atoms with Crippen LogP contribution in [0.2, 0.25) is 0 Å². The van der Waals surface area contributed by atoms with Crippen molar-refractivity contribution in [3.05, 3.63) is 0 Å². The molecular formula is C12H22OS. The summed E-state index contributed by atoms with van der Waals surface area (Å²) in [5.74, 6) is 1.98. The van der Waals surface area contributed by atoms with Crippen LogP contribution < -0.4 is 0 Å². The molecule has 0 bridgehead atoms. The fourth-order valence-corrected chi connectivity index (χ4v) is 4.97. The van der Waals surface area contributed by atoms with E-state index in [4.69, 9.17) is 0 Å². The molecule has 0 aromatic rings. The fraction of sp³-hybridized carbons (Fsp3) is 1.00. The zero-order valence-corrected chi connectivity index (χ0v) is 10.6. The molecule has 0 spiro atoms. The summed E-state index contributed by atoms with van der Waals surface area (Å²) < 4.78 is 0.372. The van der Waals surface area contributed by atoms with Gasteiger partial charge >= 0.3 is 0 Å². The van der Waals surface area contributed by atoms with Crippen molar-refractivity contribution in [2.75, 3.05) is 12.4 Å². The Balaban J connectivity index is 2.23. The third-order valence-corrected chi connectivity index (χ3v) is 6.12. The van der Waals surface area contributed by atoms with Crippen LogP contribution in [-0.4, -0.2) is 22.2 Å². The van der Waals surface area contributed by atoms with E-state index in [1.54, 1.807) is 0 Å². The maximum absolute atomic E-state index is 9.68. The molecule has 2 aliphatic rings. The average molecular weight is 214 g/mol. The Hall–Kier alpha value is 0.310. The van der Waals surface area contributed by atoms with Crippen LogP contribution in [0.1, 0.15) is 40.5 Å². The van der Waals surface area contributed by atoms with Crippen molar-refractivity contribution in [2.24, 2.45) is 16.7 Å². The first-order valence-electron chi connectivity index (χ1n) is 5.61. The van der Waals surface area contributed by atoms with Crippen LogP contribution >= 0.6 is 11.8 Å². The first kappa shape index (κ1) is 10.8. The van der Waals surface area contributed by atoms with Gasteiger partial charge in [0, 0.05) is 16.8 Å². The zero-order valence-electron chi connectivity index (χ0n) is 9.76. The molecule has 14 heavy (non-hydrogen) atoms. The average Bonchev–Trinajstić information content (AvgIpc) is 2.42. The van der Waals surface area contributed by atoms with E-state index in [-0.39, 0.29) is 5.41 Å². The third-order valence-electron chi connectivity index (χ3n) is 4.65. The second kappa shape index (κ2) is 2.91. The molecule has 1 nitrogen and oxygen atoms in total. The first-order valence-corrected chi connectivity index (χ1v) is 6.59. The van der Waals surface area contributed by atoms with Gasteiger partial charge in [-0.05, 0) is 29.9 Å². The van der Waals surface area contributed by atoms with Crippen LogP contribution in [0.5, 0.6) is 0 Å². The molecule has 1 N–H and O–H groups in total. The lowest BCUT2D eigenvalue weighted by Crippen LogP contribution is -2.35. The molecule has 2 rings (SSSR count). The molecule has 0 aromatic carbocycles. The first-order chi connectivity index (χ1) is 6.36. The topological polar surface area (TPSA) is 20.2 Å². The molecule has 1 aliphatic carbocycles. The molecule has 0 aromatic heterocycles. The molecule has 82 valence electrons. The van der Waals surface area contributed by atoms with Crippen LogP contribution in [0, 0.1) is 16.7 Å². The maximum atomic E-state index is 9.68. The highest BCUT2D eigenvalue weighted by molar-refractivity contribution is 8.00. The van der Waals surface area contributed by atoms with Gasteiger partial charge in [-0.15, -0.1) is 0 Å². The predicted molar refractivity (Wildman–Crippen MR) is 62.6 cm³/mol. The van der Waals surface area contributed by atoms with Crippen molar-refractivity contribution < 1.29 is 5.11 Å². The zero-order chi connectivity index (χ0) is 10.6. The Morgan fingerprint density at radius 3 is 2.14 bits per heavy atom. The molecule has 1 saturated heterocycles. The second-order valence-electron chi connectivity index (χ2n) is 6.17. The molecule has 2 unspecified atom stereocenters. The second-order valence-corrected chi connectivity index (χ2v) is 7.92. The van der Waals surface area contributed by atoms with Gasteiger partial charge in [0.2, 0.25) is 0 Å². The number of rotatable bonds is 2. The van der Waals surface area contributed by atoms with Gasteiger partial charge in [0.25, 0.3) is 0 Å². The summed E-state index contributed by atoms with van der Waals surface area (Å²) >= 11 is 2.08. The highest BCUT2D eigenvalue weighted by atomic mass is 32.2. The summed E-state index contributed by atoms with van der Waals surface area (Å²) in [4.78, 5) is 0. The van der Waals surface area contributed by atoms with Crippen molar-refractivity contribution in [1.29, 1.82) is 0 Å². The fourth-order valence-electron chi connectivity index (χ4n) is 3.55. The molecule has 1 aliphatic heterocycles. The molecule has 1 heterocycles. The van der Waals surface area contributed by atoms with Crippen molar-refractivity contribution in [2.45, 2.75) is 45.3 Å². The monoisotopic (exact) mass is 214 g/mol. The van der Waals surface area contributed by atoms with Crippen molar-refractivity contribution >= 4 is 11.8 Å². The van der Waals surface area contributed by atoms with E-state index in [0.717, 1.165) is 0 Å². The number of aliphatic hydroxyl groups is 1. The standard InChI is InChI=1S/C12H22OS/c1-10(2)7-12(10,8-13)9-5-6-14-11(9,3)4/h9,13H,5-8H2,1-4H3. The predicted octanol–water partition coefficient (Wildman–Crippen LogP) is 2.93. The molecule has 2 fully saturated rings. The van der Waals surface area contributed by atoms with E-state index in [9.17, 15) is 5.11 Å². The van der Waals surface area contributed by atoms with Gasteiger partial charge in [0.15, 0.2) is 0 Å². The lowest BCUT2D eigenvalue weighted by Gasteiger charge is -2.35. The molecule has 0 radical (unpaired) electrons. The minimum absolute atomic E-state index is 0.236. The Morgan fingerprint density at radius 2 is 1.86 bits per heavy atom. The smallest absolute Gasteiger partial charge is 0.0495 e. The van der Waals surface area contributed by atoms with Gasteiger partial charge in [0.1, 0.15) is 0 Å². The van der Waals surface area contributed by atoms with Gasteiger partial charge in [-0.1, -0.05) is 27.7 Å². The Kier molecular flexibility index (Phi) is 2.25. The van der Waals surface area contributed by atoms with Gasteiger partial charge in [-0.3, -0.25) is 0 Å². The SMILES string of the molecule is CC1(C)SCCC1C1(CO)CC1(C)C. The Bertz CT molecular complexity index is 247. The van der Waals surface area contributed by atoms with Gasteiger partial charge in [-0.25, -0.2) is 0 Å². The van der Waals surface area contributed by atoms with E-state index in [0.29, 0.717) is 22.7 Å². The van der Waals surface area contributed by atoms with Crippen LogP contribution in [0.4, 0.5) is 0 Å². The van der Waals surface area contributed by atoms with Crippen LogP contribution in [0.25, 0.3) is 0 Å². The van der Waals surface area contributed by atoms with E-state index < -0.39 is 0 Å². The molecule has 0 amide bonds. The number of thioether (sulfide) groups is 1. The van der Waals surface area contributed by atoms with E-state index >= 15 is 0 Å². The van der Waals surface area contributed by atoms with Crippen LogP contribution in [0.15, 0.2) is 0 Å². The quantitative estimate of drug-likeness (QED) is 0.762. The number of hydrogen-bond donors (Lipinski definition) is 1. The summed E-state index contributed by atoms with van der Waals surface area (Å²) in [6.45, 7) is 9.70. The lowest BCUT2D eigenvalue weighted by molar-refractivity contribution is 0.106. The van der Waals surface area contributed by atoms with E-state index in [1.807, 2.05) is 0 Å². The highest BCUT2D eigenvalue weighted by Gasteiger charge is 2.67. The number of hydrogen-bond acceptors (Lipinski definition) is 2. The maximum Gasteiger partial charge on any atom is 0.0495 e. The van der Waals surface area contributed by atoms with Gasteiger partial charge < -0.3 is 5.11 Å². The minimum Gasteiger partial charge on any atom is -0.396 e. The van der Waals surface area contributed by atoms with Crippen molar-refractivity contribution in [3.63, 3.8) is 0 Å². The van der Waals surface area contributed by atoms with Crippen LogP contribution in [-0.2, 0) is 0 Å². The molecule has 1 saturated carbocycles. The van der Waals surface area contributed by atoms with Crippen LogP contribution in [0.3, 0.4) is 0 Å². The molecule has 2 heteroatoms. The lowest BCUT2D eigenvalue weighted by atomic mass is 9.75. The number of aliphatic hydroxyl groups excluding tert-OH is 1. The normalized spacial score (nSPS) is 43.9. The summed E-state index contributed by atoms with van der Waals surface area (Å²) in [5.41, 5.74) is 0.606. The summed E-state index contributed by atoms with van der Waals surface area (Å²) in [7, 11) is 0. The van der Waals surface area contributed by atoms with Crippen molar-refractivity contribution in [1.82, 2.24) is 0 Å². The highest BCUT2D eigenvalue weighted by Crippen LogP contribution is 2.72. The largest absolute Gasteiger partial charge is 0.396 e. The summed E-state index contributed by atoms with van der Waals surface area (Å²) in [6.07, 6.45) is 2.51. The van der Waals surface area contributed by atoms with Gasteiger partial charge in [0.05, 0.1) is 0 Å². The minimum atomic E-state index is 0.236. The Labute approximate surface area is 91.7 Å². The molecular weight excluding hydrogens is 192 g/mol. The summed E-state index contributed by atoms with van der Waals surface area (Å²) in [5, 5.41) is 9.68. The molecule has 2 atom stereocenters. The van der Waals surface area contributed by atoms with E-state index in [1.165, 1.54) is 18.6 Å². The third kappa shape index (κ3) is 1.26. The summed E-state index contributed by atoms with van der Waals surface area (Å²) in [6, 6.07) is 0.